The maximum absolute atomic E-state index is 15.5. The summed E-state index contributed by atoms with van der Waals surface area (Å²) < 4.78 is 17.3. The molecule has 45 heavy (non-hydrogen) atoms. The third-order valence-corrected chi connectivity index (χ3v) is 10.9. The summed E-state index contributed by atoms with van der Waals surface area (Å²) in [6.45, 7) is 9.47. The van der Waals surface area contributed by atoms with Crippen molar-refractivity contribution in [2.24, 2.45) is 5.41 Å². The SMILES string of the molecule is CNC1CCN(c2c(F)cccc2[C@H]2S[C@@H](CC(=O)N3CCC(n4c(=O)[nH]c5ncccc54)CC3)C(=O)N2CCC(C)(C)C)C1. The molecule has 6 rings (SSSR count). The number of para-hydroxylation sites is 1. The van der Waals surface area contributed by atoms with Crippen LogP contribution in [0.4, 0.5) is 10.1 Å². The number of nitrogens with zero attached hydrogens (tertiary/aromatic N) is 5. The van der Waals surface area contributed by atoms with Crippen molar-refractivity contribution < 1.29 is 14.0 Å². The Hall–Kier alpha value is -3.38. The largest absolute Gasteiger partial charge is 0.367 e. The molecule has 0 spiro atoms. The number of imidazole rings is 1. The summed E-state index contributed by atoms with van der Waals surface area (Å²) in [6.07, 6.45) is 4.77. The van der Waals surface area contributed by atoms with E-state index >= 15 is 4.39 Å². The quantitative estimate of drug-likeness (QED) is 0.380. The molecule has 0 bridgehead atoms. The Labute approximate surface area is 267 Å². The fourth-order valence-electron chi connectivity index (χ4n) is 6.89. The van der Waals surface area contributed by atoms with Gasteiger partial charge in [0.15, 0.2) is 5.65 Å². The number of hydrogen-bond acceptors (Lipinski definition) is 7. The Bertz CT molecular complexity index is 1610. The molecule has 1 aromatic carbocycles. The third-order valence-electron chi connectivity index (χ3n) is 9.47. The Balaban J connectivity index is 1.18. The van der Waals surface area contributed by atoms with Gasteiger partial charge in [-0.2, -0.15) is 0 Å². The smallest absolute Gasteiger partial charge is 0.327 e. The zero-order valence-corrected chi connectivity index (χ0v) is 27.4. The topological polar surface area (TPSA) is 107 Å². The van der Waals surface area contributed by atoms with Crippen molar-refractivity contribution in [1.82, 2.24) is 29.7 Å². The van der Waals surface area contributed by atoms with Gasteiger partial charge in [-0.1, -0.05) is 32.9 Å². The summed E-state index contributed by atoms with van der Waals surface area (Å²) in [5.41, 5.74) is 2.53. The number of fused-ring (bicyclic) bond motifs is 1. The average Bonchev–Trinajstić information content (AvgIpc) is 3.70. The van der Waals surface area contributed by atoms with Crippen LogP contribution in [-0.4, -0.2) is 87.2 Å². The molecule has 3 aliphatic rings. The number of piperidine rings is 1. The summed E-state index contributed by atoms with van der Waals surface area (Å²) >= 11 is 1.48. The number of aromatic nitrogens is 3. The molecule has 2 N–H and O–H groups in total. The molecule has 5 heterocycles. The lowest BCUT2D eigenvalue weighted by atomic mass is 9.92. The highest BCUT2D eigenvalue weighted by Gasteiger charge is 2.44. The van der Waals surface area contributed by atoms with E-state index in [1.54, 1.807) is 16.8 Å². The van der Waals surface area contributed by atoms with Crippen molar-refractivity contribution in [3.05, 3.63) is 58.4 Å². The van der Waals surface area contributed by atoms with Crippen LogP contribution in [0.3, 0.4) is 0 Å². The molecule has 3 saturated heterocycles. The number of carbonyl (C=O) groups excluding carboxylic acids is 2. The first-order chi connectivity index (χ1) is 21.5. The van der Waals surface area contributed by atoms with Crippen molar-refractivity contribution >= 4 is 40.4 Å². The number of nitrogens with one attached hydrogen (secondary N) is 2. The lowest BCUT2D eigenvalue weighted by Gasteiger charge is -2.33. The van der Waals surface area contributed by atoms with Crippen molar-refractivity contribution in [2.45, 2.75) is 75.6 Å². The minimum absolute atomic E-state index is 0.0102. The molecule has 0 saturated carbocycles. The summed E-state index contributed by atoms with van der Waals surface area (Å²) in [6, 6.07) is 9.12. The van der Waals surface area contributed by atoms with Crippen LogP contribution in [0.15, 0.2) is 41.3 Å². The number of hydrogen-bond donors (Lipinski definition) is 2. The van der Waals surface area contributed by atoms with E-state index in [1.807, 2.05) is 35.0 Å². The van der Waals surface area contributed by atoms with Crippen LogP contribution in [0.2, 0.25) is 0 Å². The van der Waals surface area contributed by atoms with Gasteiger partial charge in [0.2, 0.25) is 11.8 Å². The highest BCUT2D eigenvalue weighted by molar-refractivity contribution is 8.01. The number of aromatic amines is 1. The van der Waals surface area contributed by atoms with Crippen LogP contribution >= 0.6 is 11.8 Å². The van der Waals surface area contributed by atoms with Crippen molar-refractivity contribution in [3.8, 4) is 0 Å². The van der Waals surface area contributed by atoms with Gasteiger partial charge in [0.1, 0.15) is 11.2 Å². The van der Waals surface area contributed by atoms with Crippen LogP contribution in [0.25, 0.3) is 11.2 Å². The second-order valence-electron chi connectivity index (χ2n) is 13.7. The van der Waals surface area contributed by atoms with Crippen molar-refractivity contribution in [2.75, 3.05) is 44.7 Å². The van der Waals surface area contributed by atoms with Gasteiger partial charge in [0.25, 0.3) is 0 Å². The van der Waals surface area contributed by atoms with Gasteiger partial charge in [-0.05, 0) is 56.3 Å². The third kappa shape index (κ3) is 6.49. The van der Waals surface area contributed by atoms with Crippen LogP contribution in [0.5, 0.6) is 0 Å². The van der Waals surface area contributed by atoms with Crippen LogP contribution in [-0.2, 0) is 9.59 Å². The number of rotatable bonds is 8. The van der Waals surface area contributed by atoms with Crippen molar-refractivity contribution in [1.29, 1.82) is 0 Å². The molecule has 3 aromatic rings. The van der Waals surface area contributed by atoms with Crippen molar-refractivity contribution in [3.63, 3.8) is 0 Å². The molecule has 3 atom stereocenters. The van der Waals surface area contributed by atoms with Gasteiger partial charge < -0.3 is 20.0 Å². The van der Waals surface area contributed by atoms with Crippen LogP contribution in [0, 0.1) is 11.2 Å². The molecular formula is C33H44FN7O3S. The van der Waals surface area contributed by atoms with Gasteiger partial charge in [0, 0.05) is 63.0 Å². The minimum Gasteiger partial charge on any atom is -0.367 e. The number of halogens is 1. The van der Waals surface area contributed by atoms with Crippen LogP contribution < -0.4 is 15.9 Å². The molecule has 2 amide bonds. The van der Waals surface area contributed by atoms with Gasteiger partial charge in [0.05, 0.1) is 16.5 Å². The predicted molar refractivity (Wildman–Crippen MR) is 176 cm³/mol. The Kier molecular flexibility index (Phi) is 8.98. The second kappa shape index (κ2) is 12.8. The van der Waals surface area contributed by atoms with E-state index in [1.165, 1.54) is 17.8 Å². The number of H-pyrrole nitrogens is 1. The Morgan fingerprint density at radius 3 is 2.60 bits per heavy atom. The number of amides is 2. The minimum atomic E-state index is -0.540. The average molecular weight is 638 g/mol. The highest BCUT2D eigenvalue weighted by atomic mass is 32.2. The molecule has 10 nitrogen and oxygen atoms in total. The number of carbonyl (C=O) groups is 2. The molecule has 3 aliphatic heterocycles. The number of anilines is 1. The molecule has 0 aliphatic carbocycles. The molecule has 2 aromatic heterocycles. The van der Waals surface area contributed by atoms with E-state index in [4.69, 9.17) is 0 Å². The highest BCUT2D eigenvalue weighted by Crippen LogP contribution is 2.48. The van der Waals surface area contributed by atoms with Crippen LogP contribution in [0.1, 0.15) is 69.9 Å². The van der Waals surface area contributed by atoms with E-state index in [0.29, 0.717) is 50.4 Å². The van der Waals surface area contributed by atoms with E-state index in [2.05, 4.69) is 41.0 Å². The predicted octanol–water partition coefficient (Wildman–Crippen LogP) is 4.29. The first-order valence-corrected chi connectivity index (χ1v) is 17.0. The number of benzene rings is 1. The number of likely N-dealkylation sites (N-methyl/N-ethyl adjacent to an activating group) is 1. The molecule has 242 valence electrons. The fraction of sp³-hybridized carbons (Fsp3) is 0.576. The normalized spacial score (nSPS) is 23.1. The first-order valence-electron chi connectivity index (χ1n) is 16.0. The van der Waals surface area contributed by atoms with E-state index in [9.17, 15) is 14.4 Å². The Morgan fingerprint density at radius 2 is 1.89 bits per heavy atom. The van der Waals surface area contributed by atoms with Gasteiger partial charge >= 0.3 is 5.69 Å². The van der Waals surface area contributed by atoms with E-state index in [-0.39, 0.29) is 52.6 Å². The molecule has 3 fully saturated rings. The maximum Gasteiger partial charge on any atom is 0.327 e. The zero-order chi connectivity index (χ0) is 31.9. The monoisotopic (exact) mass is 637 g/mol. The van der Waals surface area contributed by atoms with Gasteiger partial charge in [-0.3, -0.25) is 19.1 Å². The van der Waals surface area contributed by atoms with E-state index in [0.717, 1.165) is 30.5 Å². The standard InChI is InChI=1S/C33H44FN7O3S/c1-33(2,3)13-18-40-30(43)26(45-31(40)23-7-5-8-24(34)28(23)39-15-10-21(20-39)35-4)19-27(42)38-16-11-22(12-17-38)41-25-9-6-14-36-29(25)37-32(41)44/h5-9,14,21-22,26,31,35H,10-13,15-20H2,1-4H3,(H,36,37,44)/t21?,26-,31+/m0/s1. The number of likely N-dealkylation sites (tertiary alicyclic amines) is 1. The summed E-state index contributed by atoms with van der Waals surface area (Å²) in [5, 5.41) is 2.40. The zero-order valence-electron chi connectivity index (χ0n) is 26.6. The fourth-order valence-corrected chi connectivity index (χ4v) is 8.39. The molecule has 1 unspecified atom stereocenters. The maximum atomic E-state index is 15.5. The number of pyridine rings is 1. The first kappa shape index (κ1) is 31.6. The molecular weight excluding hydrogens is 593 g/mol. The second-order valence-corrected chi connectivity index (χ2v) is 15.0. The summed E-state index contributed by atoms with van der Waals surface area (Å²) in [5.74, 6) is -0.389. The molecule has 12 heteroatoms. The lowest BCUT2D eigenvalue weighted by molar-refractivity contribution is -0.136. The summed E-state index contributed by atoms with van der Waals surface area (Å²) in [4.78, 5) is 53.2. The lowest BCUT2D eigenvalue weighted by Crippen LogP contribution is -2.42. The van der Waals surface area contributed by atoms with Gasteiger partial charge in [-0.25, -0.2) is 14.2 Å². The van der Waals surface area contributed by atoms with E-state index < -0.39 is 5.25 Å². The summed E-state index contributed by atoms with van der Waals surface area (Å²) in [7, 11) is 1.93. The molecule has 0 radical (unpaired) electrons. The van der Waals surface area contributed by atoms with Gasteiger partial charge in [-0.15, -0.1) is 11.8 Å². The Morgan fingerprint density at radius 1 is 1.11 bits per heavy atom. The number of thioether (sulfide) groups is 1.